The van der Waals surface area contributed by atoms with Crippen LogP contribution < -0.4 is 11.1 Å². The zero-order valence-corrected chi connectivity index (χ0v) is 14.9. The lowest BCUT2D eigenvalue weighted by Gasteiger charge is -2.31. The Morgan fingerprint density at radius 2 is 2.10 bits per heavy atom. The van der Waals surface area contributed by atoms with E-state index in [2.05, 4.69) is 39.1 Å². The summed E-state index contributed by atoms with van der Waals surface area (Å²) in [6, 6.07) is 2.24. The van der Waals surface area contributed by atoms with Crippen LogP contribution in [0.1, 0.15) is 55.4 Å². The van der Waals surface area contributed by atoms with E-state index < -0.39 is 0 Å². The quantitative estimate of drug-likeness (QED) is 0.771. The van der Waals surface area contributed by atoms with Gasteiger partial charge in [0.25, 0.3) is 0 Å². The normalized spacial score (nSPS) is 14.2. The smallest absolute Gasteiger partial charge is 0.220 e. The van der Waals surface area contributed by atoms with Crippen molar-refractivity contribution in [2.24, 2.45) is 11.7 Å². The van der Waals surface area contributed by atoms with Gasteiger partial charge in [0.15, 0.2) is 0 Å². The van der Waals surface area contributed by atoms with Crippen LogP contribution in [0.5, 0.6) is 0 Å². The van der Waals surface area contributed by atoms with Crippen LogP contribution in [-0.2, 0) is 11.2 Å². The molecule has 1 aromatic heterocycles. The molecule has 1 heterocycles. The zero-order valence-electron chi connectivity index (χ0n) is 14.1. The monoisotopic (exact) mass is 310 g/mol. The SMILES string of the molecule is Cc1cc(CCCC(=O)NC(C)(CN)CC(C)C)c(C)s1. The Bertz CT molecular complexity index is 467. The summed E-state index contributed by atoms with van der Waals surface area (Å²) < 4.78 is 0. The van der Waals surface area contributed by atoms with Crippen LogP contribution in [0.25, 0.3) is 0 Å². The second-order valence-corrected chi connectivity index (χ2v) is 8.16. The van der Waals surface area contributed by atoms with Crippen molar-refractivity contribution in [1.29, 1.82) is 0 Å². The van der Waals surface area contributed by atoms with Crippen molar-refractivity contribution in [1.82, 2.24) is 5.32 Å². The number of aryl methyl sites for hydroxylation is 3. The Morgan fingerprint density at radius 3 is 2.57 bits per heavy atom. The molecule has 21 heavy (non-hydrogen) atoms. The predicted octanol–water partition coefficient (Wildman–Crippen LogP) is 3.57. The molecule has 1 unspecified atom stereocenters. The van der Waals surface area contributed by atoms with Gasteiger partial charge in [0.1, 0.15) is 0 Å². The Labute approximate surface area is 133 Å². The largest absolute Gasteiger partial charge is 0.350 e. The average molecular weight is 311 g/mol. The highest BCUT2D eigenvalue weighted by molar-refractivity contribution is 7.12. The van der Waals surface area contributed by atoms with Crippen LogP contribution >= 0.6 is 11.3 Å². The van der Waals surface area contributed by atoms with Crippen molar-refractivity contribution in [3.63, 3.8) is 0 Å². The van der Waals surface area contributed by atoms with Crippen molar-refractivity contribution >= 4 is 17.2 Å². The first kappa shape index (κ1) is 18.2. The fourth-order valence-electron chi connectivity index (χ4n) is 2.86. The maximum atomic E-state index is 12.1. The third-order valence-corrected chi connectivity index (χ3v) is 4.75. The fourth-order valence-corrected chi connectivity index (χ4v) is 3.83. The minimum Gasteiger partial charge on any atom is -0.350 e. The standard InChI is InChI=1S/C17H30N2OS/c1-12(2)10-17(5,11-18)19-16(20)8-6-7-15-9-13(3)21-14(15)4/h9,12H,6-8,10-11,18H2,1-5H3,(H,19,20). The molecule has 4 heteroatoms. The molecule has 0 spiro atoms. The van der Waals surface area contributed by atoms with E-state index in [0.717, 1.165) is 19.3 Å². The molecule has 0 aliphatic heterocycles. The number of carbonyl (C=O) groups is 1. The van der Waals surface area contributed by atoms with E-state index in [9.17, 15) is 4.79 Å². The lowest BCUT2D eigenvalue weighted by atomic mass is 9.90. The van der Waals surface area contributed by atoms with E-state index in [1.807, 2.05) is 18.3 Å². The van der Waals surface area contributed by atoms with Gasteiger partial charge >= 0.3 is 0 Å². The van der Waals surface area contributed by atoms with Crippen molar-refractivity contribution in [2.45, 2.75) is 65.8 Å². The highest BCUT2D eigenvalue weighted by atomic mass is 32.1. The molecule has 0 aliphatic rings. The highest BCUT2D eigenvalue weighted by Gasteiger charge is 2.25. The second kappa shape index (κ2) is 7.95. The Morgan fingerprint density at radius 1 is 1.43 bits per heavy atom. The van der Waals surface area contributed by atoms with Crippen molar-refractivity contribution in [2.75, 3.05) is 6.54 Å². The molecule has 0 aliphatic carbocycles. The minimum absolute atomic E-state index is 0.119. The molecule has 120 valence electrons. The van der Waals surface area contributed by atoms with Crippen molar-refractivity contribution in [3.8, 4) is 0 Å². The summed E-state index contributed by atoms with van der Waals surface area (Å²) in [6.07, 6.45) is 3.36. The van der Waals surface area contributed by atoms with Gasteiger partial charge in [-0.15, -0.1) is 11.3 Å². The van der Waals surface area contributed by atoms with E-state index >= 15 is 0 Å². The summed E-state index contributed by atoms with van der Waals surface area (Å²) >= 11 is 1.83. The number of hydrogen-bond donors (Lipinski definition) is 2. The van der Waals surface area contributed by atoms with Gasteiger partial charge in [-0.25, -0.2) is 0 Å². The third-order valence-electron chi connectivity index (χ3n) is 3.74. The summed E-state index contributed by atoms with van der Waals surface area (Å²) in [5.74, 6) is 0.642. The molecule has 1 rings (SSSR count). The molecular weight excluding hydrogens is 280 g/mol. The molecule has 0 saturated carbocycles. The van der Waals surface area contributed by atoms with Gasteiger partial charge in [-0.3, -0.25) is 4.79 Å². The summed E-state index contributed by atoms with van der Waals surface area (Å²) in [6.45, 7) is 11.1. The lowest BCUT2D eigenvalue weighted by Crippen LogP contribution is -2.52. The van der Waals surface area contributed by atoms with Crippen LogP contribution in [0, 0.1) is 19.8 Å². The first-order valence-corrected chi connectivity index (χ1v) is 8.64. The fraction of sp³-hybridized carbons (Fsp3) is 0.706. The van der Waals surface area contributed by atoms with Crippen LogP contribution in [0.4, 0.5) is 0 Å². The maximum absolute atomic E-state index is 12.1. The molecule has 3 nitrogen and oxygen atoms in total. The van der Waals surface area contributed by atoms with Gasteiger partial charge in [-0.05, 0) is 57.6 Å². The van der Waals surface area contributed by atoms with Gasteiger partial charge in [0.2, 0.25) is 5.91 Å². The number of thiophene rings is 1. The first-order valence-electron chi connectivity index (χ1n) is 7.83. The Kier molecular flexibility index (Phi) is 6.88. The van der Waals surface area contributed by atoms with E-state index in [4.69, 9.17) is 5.73 Å². The molecular formula is C17H30N2OS. The van der Waals surface area contributed by atoms with Crippen LogP contribution in [0.3, 0.4) is 0 Å². The molecule has 0 fully saturated rings. The lowest BCUT2D eigenvalue weighted by molar-refractivity contribution is -0.123. The van der Waals surface area contributed by atoms with Gasteiger partial charge in [-0.1, -0.05) is 13.8 Å². The van der Waals surface area contributed by atoms with Crippen LogP contribution in [0.2, 0.25) is 0 Å². The number of rotatable bonds is 8. The maximum Gasteiger partial charge on any atom is 0.220 e. The Balaban J connectivity index is 2.41. The number of amides is 1. The molecule has 1 amide bonds. The third kappa shape index (κ3) is 6.18. The molecule has 1 aromatic rings. The number of hydrogen-bond acceptors (Lipinski definition) is 3. The zero-order chi connectivity index (χ0) is 16.0. The predicted molar refractivity (Wildman–Crippen MR) is 91.8 cm³/mol. The van der Waals surface area contributed by atoms with Crippen molar-refractivity contribution < 1.29 is 4.79 Å². The van der Waals surface area contributed by atoms with E-state index in [0.29, 0.717) is 18.9 Å². The Hall–Kier alpha value is -0.870. The van der Waals surface area contributed by atoms with Gasteiger partial charge in [0.05, 0.1) is 0 Å². The topological polar surface area (TPSA) is 55.1 Å². The molecule has 0 bridgehead atoms. The highest BCUT2D eigenvalue weighted by Crippen LogP contribution is 2.22. The van der Waals surface area contributed by atoms with E-state index in [1.54, 1.807) is 0 Å². The van der Waals surface area contributed by atoms with Gasteiger partial charge in [0, 0.05) is 28.3 Å². The summed E-state index contributed by atoms with van der Waals surface area (Å²) in [5.41, 5.74) is 6.94. The summed E-state index contributed by atoms with van der Waals surface area (Å²) in [4.78, 5) is 14.8. The van der Waals surface area contributed by atoms with Crippen molar-refractivity contribution in [3.05, 3.63) is 21.4 Å². The van der Waals surface area contributed by atoms with Gasteiger partial charge in [-0.2, -0.15) is 0 Å². The molecule has 0 saturated heterocycles. The number of nitrogens with one attached hydrogen (secondary N) is 1. The average Bonchev–Trinajstić information content (AvgIpc) is 2.66. The molecule has 3 N–H and O–H groups in total. The summed E-state index contributed by atoms with van der Waals surface area (Å²) in [5, 5.41) is 3.12. The molecule has 0 aromatic carbocycles. The molecule has 1 atom stereocenters. The van der Waals surface area contributed by atoms with Crippen LogP contribution in [-0.4, -0.2) is 18.0 Å². The van der Waals surface area contributed by atoms with Crippen LogP contribution in [0.15, 0.2) is 6.07 Å². The minimum atomic E-state index is -0.278. The number of carbonyl (C=O) groups excluding carboxylic acids is 1. The molecule has 0 radical (unpaired) electrons. The number of nitrogens with two attached hydrogens (primary N) is 1. The first-order chi connectivity index (χ1) is 9.75. The second-order valence-electron chi connectivity index (χ2n) is 6.70. The van der Waals surface area contributed by atoms with E-state index in [1.165, 1.54) is 15.3 Å². The van der Waals surface area contributed by atoms with Gasteiger partial charge < -0.3 is 11.1 Å². The summed E-state index contributed by atoms with van der Waals surface area (Å²) in [7, 11) is 0. The van der Waals surface area contributed by atoms with E-state index in [-0.39, 0.29) is 11.4 Å².